The first-order valence-electron chi connectivity index (χ1n) is 8.81. The van der Waals surface area contributed by atoms with Crippen LogP contribution in [-0.2, 0) is 19.4 Å². The highest BCUT2D eigenvalue weighted by Gasteiger charge is 2.29. The molecule has 7 heteroatoms. The van der Waals surface area contributed by atoms with Gasteiger partial charge in [0.05, 0.1) is 22.8 Å². The highest BCUT2D eigenvalue weighted by atomic mass is 32.2. The molecular formula is C20H21NO5S. The summed E-state index contributed by atoms with van der Waals surface area (Å²) in [6.45, 7) is 0.00353. The quantitative estimate of drug-likeness (QED) is 0.555. The topological polar surface area (TPSA) is 89.5 Å². The molecule has 0 radical (unpaired) electrons. The number of carbonyl (C=O) groups excluding carboxylic acids is 2. The molecule has 0 aromatic heterocycles. The first-order valence-corrected chi connectivity index (χ1v) is 10.5. The van der Waals surface area contributed by atoms with Crippen molar-refractivity contribution in [2.45, 2.75) is 24.2 Å². The lowest BCUT2D eigenvalue weighted by atomic mass is 10.2. The Kier molecular flexibility index (Phi) is 5.91. The molecule has 0 atom stereocenters. The van der Waals surface area contributed by atoms with Crippen molar-refractivity contribution in [1.29, 1.82) is 0 Å². The molecular weight excluding hydrogens is 366 g/mol. The van der Waals surface area contributed by atoms with Crippen molar-refractivity contribution in [2.24, 2.45) is 5.92 Å². The van der Waals surface area contributed by atoms with Crippen LogP contribution in [0.5, 0.6) is 0 Å². The average Bonchev–Trinajstić information content (AvgIpc) is 3.51. The summed E-state index contributed by atoms with van der Waals surface area (Å²) in [5.74, 6) is -0.602. The summed E-state index contributed by atoms with van der Waals surface area (Å²) in [7, 11) is -3.38. The maximum Gasteiger partial charge on any atom is 0.338 e. The lowest BCUT2D eigenvalue weighted by molar-refractivity contribution is -0.117. The number of sulfone groups is 1. The first-order chi connectivity index (χ1) is 13.0. The molecule has 0 heterocycles. The van der Waals surface area contributed by atoms with E-state index in [2.05, 4.69) is 5.32 Å². The number of anilines is 1. The minimum atomic E-state index is -3.38. The van der Waals surface area contributed by atoms with Crippen LogP contribution in [0.25, 0.3) is 0 Å². The Hall–Kier alpha value is -2.67. The summed E-state index contributed by atoms with van der Waals surface area (Å²) in [4.78, 5) is 24.2. The van der Waals surface area contributed by atoms with Crippen LogP contribution in [0.15, 0.2) is 59.5 Å². The number of carbonyl (C=O) groups is 2. The van der Waals surface area contributed by atoms with Crippen molar-refractivity contribution in [2.75, 3.05) is 17.7 Å². The fraction of sp³-hybridized carbons (Fsp3) is 0.300. The zero-order valence-electron chi connectivity index (χ0n) is 14.8. The largest absolute Gasteiger partial charge is 0.462 e. The molecule has 1 amide bonds. The normalized spacial score (nSPS) is 13.8. The average molecular weight is 387 g/mol. The second kappa shape index (κ2) is 8.35. The third-order valence-electron chi connectivity index (χ3n) is 4.21. The van der Waals surface area contributed by atoms with E-state index in [9.17, 15) is 18.0 Å². The number of rotatable bonds is 8. The molecule has 2 aromatic rings. The fourth-order valence-corrected chi connectivity index (χ4v) is 3.86. The van der Waals surface area contributed by atoms with Crippen LogP contribution in [0.1, 0.15) is 29.6 Å². The van der Waals surface area contributed by atoms with Gasteiger partial charge in [-0.25, -0.2) is 13.2 Å². The van der Waals surface area contributed by atoms with Crippen molar-refractivity contribution < 1.29 is 22.7 Å². The fourth-order valence-electron chi connectivity index (χ4n) is 2.56. The van der Waals surface area contributed by atoms with Crippen LogP contribution >= 0.6 is 0 Å². The molecule has 142 valence electrons. The van der Waals surface area contributed by atoms with Gasteiger partial charge in [-0.1, -0.05) is 24.3 Å². The Bertz CT molecular complexity index is 920. The molecule has 0 saturated heterocycles. The molecule has 6 nitrogen and oxygen atoms in total. The van der Waals surface area contributed by atoms with Crippen molar-refractivity contribution in [3.63, 3.8) is 0 Å². The van der Waals surface area contributed by atoms with E-state index in [0.717, 1.165) is 12.8 Å². The van der Waals surface area contributed by atoms with Crippen molar-refractivity contribution in [1.82, 2.24) is 0 Å². The summed E-state index contributed by atoms with van der Waals surface area (Å²) >= 11 is 0. The van der Waals surface area contributed by atoms with Crippen LogP contribution in [0.4, 0.5) is 5.69 Å². The van der Waals surface area contributed by atoms with Gasteiger partial charge < -0.3 is 10.1 Å². The van der Waals surface area contributed by atoms with Gasteiger partial charge in [0.15, 0.2) is 9.84 Å². The molecule has 0 aliphatic heterocycles. The van der Waals surface area contributed by atoms with Crippen LogP contribution in [0.2, 0.25) is 0 Å². The Morgan fingerprint density at radius 3 is 2.48 bits per heavy atom. The molecule has 0 bridgehead atoms. The Morgan fingerprint density at radius 2 is 1.78 bits per heavy atom. The van der Waals surface area contributed by atoms with Gasteiger partial charge in [-0.15, -0.1) is 0 Å². The van der Waals surface area contributed by atoms with E-state index in [4.69, 9.17) is 4.74 Å². The van der Waals surface area contributed by atoms with Gasteiger partial charge in [0.25, 0.3) is 0 Å². The molecule has 0 spiro atoms. The van der Waals surface area contributed by atoms with Crippen LogP contribution in [0, 0.1) is 5.92 Å². The van der Waals surface area contributed by atoms with E-state index < -0.39 is 15.8 Å². The standard InChI is InChI=1S/C20H21NO5S/c22-19(15-10-11-15)21-17-7-4-6-16(14-17)20(23)26-12-5-13-27(24,25)18-8-2-1-3-9-18/h1-4,6-9,14-15H,5,10-13H2,(H,21,22). The number of nitrogens with one attached hydrogen (secondary N) is 1. The highest BCUT2D eigenvalue weighted by molar-refractivity contribution is 7.91. The molecule has 1 aliphatic rings. The predicted molar refractivity (Wildman–Crippen MR) is 101 cm³/mol. The van der Waals surface area contributed by atoms with E-state index in [0.29, 0.717) is 11.3 Å². The van der Waals surface area contributed by atoms with Crippen molar-refractivity contribution in [3.05, 3.63) is 60.2 Å². The van der Waals surface area contributed by atoms with Gasteiger partial charge in [0.1, 0.15) is 0 Å². The number of ether oxygens (including phenoxy) is 1. The second-order valence-corrected chi connectivity index (χ2v) is 8.57. The van der Waals surface area contributed by atoms with Gasteiger partial charge in [-0.05, 0) is 49.6 Å². The van der Waals surface area contributed by atoms with E-state index >= 15 is 0 Å². The zero-order valence-corrected chi connectivity index (χ0v) is 15.6. The predicted octanol–water partition coefficient (Wildman–Crippen LogP) is 3.06. The lowest BCUT2D eigenvalue weighted by Gasteiger charge is -2.08. The van der Waals surface area contributed by atoms with Crippen LogP contribution in [-0.4, -0.2) is 32.7 Å². The van der Waals surface area contributed by atoms with Crippen molar-refractivity contribution in [3.8, 4) is 0 Å². The molecule has 1 fully saturated rings. The van der Waals surface area contributed by atoms with E-state index in [1.54, 1.807) is 54.6 Å². The third-order valence-corrected chi connectivity index (χ3v) is 6.02. The summed E-state index contributed by atoms with van der Waals surface area (Å²) in [6.07, 6.45) is 2.01. The number of hydrogen-bond acceptors (Lipinski definition) is 5. The van der Waals surface area contributed by atoms with Gasteiger partial charge in [0, 0.05) is 11.6 Å². The van der Waals surface area contributed by atoms with Crippen LogP contribution in [0.3, 0.4) is 0 Å². The number of benzene rings is 2. The first kappa shape index (κ1) is 19.1. The highest BCUT2D eigenvalue weighted by Crippen LogP contribution is 2.30. The van der Waals surface area contributed by atoms with E-state index in [-0.39, 0.29) is 35.5 Å². The molecule has 27 heavy (non-hydrogen) atoms. The maximum atomic E-state index is 12.2. The number of amides is 1. The molecule has 2 aromatic carbocycles. The van der Waals surface area contributed by atoms with Gasteiger partial charge >= 0.3 is 5.97 Å². The SMILES string of the molecule is O=C(OCCCS(=O)(=O)c1ccccc1)c1cccc(NC(=O)C2CC2)c1. The van der Waals surface area contributed by atoms with Crippen LogP contribution < -0.4 is 5.32 Å². The minimum absolute atomic E-state index is 0.00353. The molecule has 1 aliphatic carbocycles. The zero-order chi connectivity index (χ0) is 19.3. The summed E-state index contributed by atoms with van der Waals surface area (Å²) < 4.78 is 29.5. The van der Waals surface area contributed by atoms with Gasteiger partial charge in [-0.2, -0.15) is 0 Å². The minimum Gasteiger partial charge on any atom is -0.462 e. The van der Waals surface area contributed by atoms with E-state index in [1.807, 2.05) is 0 Å². The van der Waals surface area contributed by atoms with Gasteiger partial charge in [0.2, 0.25) is 5.91 Å². The van der Waals surface area contributed by atoms with E-state index in [1.165, 1.54) is 0 Å². The Morgan fingerprint density at radius 1 is 1.04 bits per heavy atom. The monoisotopic (exact) mass is 387 g/mol. The maximum absolute atomic E-state index is 12.2. The van der Waals surface area contributed by atoms with Crippen molar-refractivity contribution >= 4 is 27.4 Å². The summed E-state index contributed by atoms with van der Waals surface area (Å²) in [5, 5.41) is 2.78. The smallest absolute Gasteiger partial charge is 0.338 e. The Balaban J connectivity index is 1.48. The summed E-state index contributed by atoms with van der Waals surface area (Å²) in [5.41, 5.74) is 0.863. The van der Waals surface area contributed by atoms with Gasteiger partial charge in [-0.3, -0.25) is 4.79 Å². The third kappa shape index (κ3) is 5.40. The molecule has 1 saturated carbocycles. The summed E-state index contributed by atoms with van der Waals surface area (Å²) in [6, 6.07) is 14.7. The molecule has 1 N–H and O–H groups in total. The molecule has 3 rings (SSSR count). The Labute approximate surface area is 158 Å². The number of hydrogen-bond donors (Lipinski definition) is 1. The molecule has 0 unspecified atom stereocenters. The second-order valence-electron chi connectivity index (χ2n) is 6.47. The lowest BCUT2D eigenvalue weighted by Crippen LogP contribution is -2.14. The number of esters is 1.